The number of aromatic nitrogens is 3. The van der Waals surface area contributed by atoms with E-state index >= 15 is 0 Å². The summed E-state index contributed by atoms with van der Waals surface area (Å²) in [5.41, 5.74) is 2.98. The number of aliphatic carboxylic acids is 2. The second-order valence-corrected chi connectivity index (χ2v) is 10.8. The van der Waals surface area contributed by atoms with Crippen molar-refractivity contribution in [1.82, 2.24) is 19.4 Å². The molecule has 1 atom stereocenters. The van der Waals surface area contributed by atoms with Gasteiger partial charge in [0.15, 0.2) is 9.84 Å². The molecular formula is C22H28F6N4O7S. The number of sulfone groups is 1. The maximum absolute atomic E-state index is 11.8. The predicted octanol–water partition coefficient (Wildman–Crippen LogP) is 2.86. The molecule has 0 bridgehead atoms. The summed E-state index contributed by atoms with van der Waals surface area (Å²) in [5.74, 6) is -5.13. The van der Waals surface area contributed by atoms with Gasteiger partial charge in [-0.2, -0.15) is 26.3 Å². The summed E-state index contributed by atoms with van der Waals surface area (Å²) in [5, 5.41) is 14.2. The molecule has 2 aromatic heterocycles. The topological polar surface area (TPSA) is 152 Å². The number of imidazole rings is 1. The van der Waals surface area contributed by atoms with E-state index in [1.807, 2.05) is 37.6 Å². The van der Waals surface area contributed by atoms with Crippen LogP contribution in [0.15, 0.2) is 30.7 Å². The van der Waals surface area contributed by atoms with Crippen molar-refractivity contribution in [2.24, 2.45) is 0 Å². The lowest BCUT2D eigenvalue weighted by Gasteiger charge is -2.34. The van der Waals surface area contributed by atoms with E-state index in [9.17, 15) is 34.8 Å². The smallest absolute Gasteiger partial charge is 0.475 e. The van der Waals surface area contributed by atoms with Crippen LogP contribution in [0.25, 0.3) is 0 Å². The van der Waals surface area contributed by atoms with Crippen molar-refractivity contribution < 1.29 is 59.3 Å². The highest BCUT2D eigenvalue weighted by molar-refractivity contribution is 7.91. The molecule has 0 saturated heterocycles. The van der Waals surface area contributed by atoms with E-state index in [0.717, 1.165) is 30.2 Å². The van der Waals surface area contributed by atoms with Gasteiger partial charge in [0.1, 0.15) is 0 Å². The summed E-state index contributed by atoms with van der Waals surface area (Å²) in [4.78, 5) is 28.7. The molecule has 2 N–H and O–H groups in total. The molecule has 1 aliphatic heterocycles. The van der Waals surface area contributed by atoms with Gasteiger partial charge in [0.25, 0.3) is 0 Å². The predicted molar refractivity (Wildman–Crippen MR) is 127 cm³/mol. The average Bonchev–Trinajstić information content (AvgIpc) is 3.31. The van der Waals surface area contributed by atoms with Crippen molar-refractivity contribution in [2.45, 2.75) is 45.4 Å². The Bertz CT molecular complexity index is 1190. The van der Waals surface area contributed by atoms with Crippen molar-refractivity contribution >= 4 is 21.8 Å². The fourth-order valence-electron chi connectivity index (χ4n) is 3.16. The van der Waals surface area contributed by atoms with Gasteiger partial charge in [0.2, 0.25) is 0 Å². The first kappa shape index (κ1) is 34.8. The summed E-state index contributed by atoms with van der Waals surface area (Å²) in [7, 11) is -2.96. The van der Waals surface area contributed by atoms with Crippen LogP contribution in [-0.2, 0) is 37.3 Å². The van der Waals surface area contributed by atoms with E-state index in [1.54, 1.807) is 6.92 Å². The minimum Gasteiger partial charge on any atom is -0.475 e. The van der Waals surface area contributed by atoms with Crippen molar-refractivity contribution in [1.29, 1.82) is 0 Å². The summed E-state index contributed by atoms with van der Waals surface area (Å²) in [6.07, 6.45) is -6.50. The number of fused-ring (bicyclic) bond motifs is 1. The van der Waals surface area contributed by atoms with Crippen molar-refractivity contribution in [3.05, 3.63) is 47.8 Å². The normalized spacial score (nSPS) is 15.7. The zero-order valence-corrected chi connectivity index (χ0v) is 22.1. The van der Waals surface area contributed by atoms with Crippen LogP contribution in [0.1, 0.15) is 30.0 Å². The fourth-order valence-corrected chi connectivity index (χ4v) is 3.98. The van der Waals surface area contributed by atoms with Gasteiger partial charge in [-0.05, 0) is 19.1 Å². The minimum absolute atomic E-state index is 0.121. The molecule has 11 nitrogen and oxygen atoms in total. The number of carbonyl (C=O) groups is 2. The minimum atomic E-state index is -5.08. The van der Waals surface area contributed by atoms with Crippen LogP contribution in [-0.4, -0.2) is 93.6 Å². The zero-order chi connectivity index (χ0) is 30.7. The Hall–Kier alpha value is -3.25. The zero-order valence-electron chi connectivity index (χ0n) is 21.3. The van der Waals surface area contributed by atoms with Gasteiger partial charge in [0.05, 0.1) is 42.7 Å². The Morgan fingerprint density at radius 2 is 1.68 bits per heavy atom. The molecule has 0 fully saturated rings. The van der Waals surface area contributed by atoms with Crippen LogP contribution < -0.4 is 0 Å². The first-order valence-electron chi connectivity index (χ1n) is 11.4. The second kappa shape index (κ2) is 14.9. The van der Waals surface area contributed by atoms with E-state index < -0.39 is 34.1 Å². The Morgan fingerprint density at radius 1 is 1.10 bits per heavy atom. The molecule has 3 heterocycles. The number of rotatable bonds is 8. The molecule has 0 spiro atoms. The highest BCUT2D eigenvalue weighted by atomic mass is 32.2. The molecule has 1 unspecified atom stereocenters. The lowest BCUT2D eigenvalue weighted by molar-refractivity contribution is -0.193. The molecule has 40 heavy (non-hydrogen) atoms. The van der Waals surface area contributed by atoms with E-state index in [1.165, 1.54) is 0 Å². The van der Waals surface area contributed by atoms with Crippen LogP contribution in [0, 0.1) is 6.92 Å². The number of aryl methyl sites for hydroxylation is 1. The standard InChI is InChI=1S/C18H26N4O3S.2C2HF3O2/c1-3-26(23,24)8-7-21-10-17-9-19-14-22(17)18(11-21)13-25-12-16-6-4-5-15(2)20-16;2*3-2(4,5)1(6)7/h4-6,9,14,18H,3,7-8,10-13H2,1-2H3;2*(H,6,7). The Balaban J connectivity index is 0.000000473. The molecule has 0 saturated carbocycles. The van der Waals surface area contributed by atoms with E-state index in [0.29, 0.717) is 19.8 Å². The van der Waals surface area contributed by atoms with Gasteiger partial charge < -0.3 is 19.5 Å². The molecule has 1 aliphatic rings. The molecule has 226 valence electrons. The van der Waals surface area contributed by atoms with Crippen LogP contribution in [0.4, 0.5) is 26.3 Å². The molecule has 3 rings (SSSR count). The number of carboxylic acid groups (broad SMARTS) is 2. The summed E-state index contributed by atoms with van der Waals surface area (Å²) < 4.78 is 95.1. The third kappa shape index (κ3) is 12.7. The number of hydrogen-bond acceptors (Lipinski definition) is 8. The van der Waals surface area contributed by atoms with Gasteiger partial charge in [-0.3, -0.25) is 9.88 Å². The van der Waals surface area contributed by atoms with Crippen LogP contribution >= 0.6 is 0 Å². The maximum atomic E-state index is 11.8. The second-order valence-electron chi connectivity index (χ2n) is 8.31. The molecule has 0 radical (unpaired) electrons. The number of pyridine rings is 1. The number of carboxylic acids is 2. The van der Waals surface area contributed by atoms with Crippen molar-refractivity contribution in [2.75, 3.05) is 31.2 Å². The largest absolute Gasteiger partial charge is 0.490 e. The molecule has 0 aromatic carbocycles. The molecule has 0 aliphatic carbocycles. The number of ether oxygens (including phenoxy) is 1. The van der Waals surface area contributed by atoms with Crippen LogP contribution in [0.3, 0.4) is 0 Å². The number of halogens is 6. The summed E-state index contributed by atoms with van der Waals surface area (Å²) in [6, 6.07) is 6.02. The Morgan fingerprint density at radius 3 is 2.17 bits per heavy atom. The number of nitrogens with zero attached hydrogens (tertiary/aromatic N) is 4. The highest BCUT2D eigenvalue weighted by Crippen LogP contribution is 2.21. The molecule has 0 amide bonds. The summed E-state index contributed by atoms with van der Waals surface area (Å²) in [6.45, 7) is 6.67. The summed E-state index contributed by atoms with van der Waals surface area (Å²) >= 11 is 0. The van der Waals surface area contributed by atoms with E-state index in [-0.39, 0.29) is 17.5 Å². The Labute approximate surface area is 225 Å². The van der Waals surface area contributed by atoms with Gasteiger partial charge in [0, 0.05) is 37.3 Å². The van der Waals surface area contributed by atoms with Crippen LogP contribution in [0.2, 0.25) is 0 Å². The lowest BCUT2D eigenvalue weighted by Crippen LogP contribution is -2.41. The molecular weight excluding hydrogens is 578 g/mol. The van der Waals surface area contributed by atoms with Gasteiger partial charge in [-0.25, -0.2) is 23.0 Å². The van der Waals surface area contributed by atoms with E-state index in [2.05, 4.69) is 19.4 Å². The third-order valence-corrected chi connectivity index (χ3v) is 6.83. The first-order valence-corrected chi connectivity index (χ1v) is 13.2. The average molecular weight is 607 g/mol. The fraction of sp³-hybridized carbons (Fsp3) is 0.545. The van der Waals surface area contributed by atoms with Gasteiger partial charge in [-0.1, -0.05) is 13.0 Å². The Kier molecular flexibility index (Phi) is 13.0. The lowest BCUT2D eigenvalue weighted by atomic mass is 10.2. The first-order chi connectivity index (χ1) is 18.4. The van der Waals surface area contributed by atoms with Crippen molar-refractivity contribution in [3.63, 3.8) is 0 Å². The van der Waals surface area contributed by atoms with Gasteiger partial charge >= 0.3 is 24.3 Å². The highest BCUT2D eigenvalue weighted by Gasteiger charge is 2.38. The maximum Gasteiger partial charge on any atom is 0.490 e. The van der Waals surface area contributed by atoms with Crippen LogP contribution in [0.5, 0.6) is 0 Å². The quantitative estimate of drug-likeness (QED) is 0.429. The number of hydrogen-bond donors (Lipinski definition) is 2. The van der Waals surface area contributed by atoms with Crippen molar-refractivity contribution in [3.8, 4) is 0 Å². The molecule has 18 heteroatoms. The molecule has 2 aromatic rings. The third-order valence-electron chi connectivity index (χ3n) is 5.14. The van der Waals surface area contributed by atoms with E-state index in [4.69, 9.17) is 24.5 Å². The SMILES string of the molecule is CCS(=O)(=O)CCN1Cc2cncn2C(COCc2cccc(C)n2)C1.O=C(O)C(F)(F)F.O=C(O)C(F)(F)F. The number of alkyl halides is 6. The monoisotopic (exact) mass is 606 g/mol. The van der Waals surface area contributed by atoms with Gasteiger partial charge in [-0.15, -0.1) is 0 Å².